The lowest BCUT2D eigenvalue weighted by atomic mass is 10.2. The molecule has 0 aliphatic heterocycles. The first-order valence-corrected chi connectivity index (χ1v) is 9.03. The zero-order valence-electron chi connectivity index (χ0n) is 11.3. The number of hydrogen-bond donors (Lipinski definition) is 0. The van der Waals surface area contributed by atoms with Gasteiger partial charge in [-0.25, -0.2) is 0 Å². The summed E-state index contributed by atoms with van der Waals surface area (Å²) in [6, 6.07) is 0. The normalized spacial score (nSPS) is 12.9. The van der Waals surface area contributed by atoms with Gasteiger partial charge in [0.05, 0.1) is 6.61 Å². The Morgan fingerprint density at radius 1 is 1.22 bits per heavy atom. The van der Waals surface area contributed by atoms with Crippen LogP contribution in [0.25, 0.3) is 0 Å². The van der Waals surface area contributed by atoms with Gasteiger partial charge in [-0.15, -0.1) is 6.58 Å². The van der Waals surface area contributed by atoms with E-state index in [1.165, 1.54) is 0 Å². The molecule has 109 valence electrons. The molecule has 0 aliphatic rings. The van der Waals surface area contributed by atoms with E-state index in [0.29, 0.717) is 5.04 Å². The molecule has 0 unspecified atom stereocenters. The molecule has 1 radical (unpaired) electrons. The first kappa shape index (κ1) is 20.0. The lowest BCUT2D eigenvalue weighted by Crippen LogP contribution is -2.25. The van der Waals surface area contributed by atoms with Gasteiger partial charge in [-0.3, -0.25) is 4.18 Å². The average molecular weight is 305 g/mol. The quantitative estimate of drug-likeness (QED) is 0.346. The van der Waals surface area contributed by atoms with Gasteiger partial charge in [0.15, 0.2) is 0 Å². The van der Waals surface area contributed by atoms with Crippen molar-refractivity contribution in [3.8, 4) is 0 Å². The minimum absolute atomic E-state index is 0.0502. The smallest absolute Gasteiger partial charge is 0.259 e. The summed E-state index contributed by atoms with van der Waals surface area (Å²) in [7, 11) is -5.48. The van der Waals surface area contributed by atoms with Crippen molar-refractivity contribution < 1.29 is 25.8 Å². The van der Waals surface area contributed by atoms with Crippen LogP contribution in [0.15, 0.2) is 12.7 Å². The van der Waals surface area contributed by atoms with Crippen LogP contribution in [0.3, 0.4) is 0 Å². The fourth-order valence-corrected chi connectivity index (χ4v) is 0.614. The average Bonchev–Trinajstić information content (AvgIpc) is 2.12. The van der Waals surface area contributed by atoms with Crippen molar-refractivity contribution in [1.29, 1.82) is 0 Å². The predicted molar refractivity (Wildman–Crippen MR) is 68.3 cm³/mol. The zero-order chi connectivity index (χ0) is 15.2. The van der Waals surface area contributed by atoms with Crippen molar-refractivity contribution >= 4 is 18.9 Å². The van der Waals surface area contributed by atoms with E-state index in [1.807, 2.05) is 0 Å². The third-order valence-corrected chi connectivity index (χ3v) is 6.14. The predicted octanol–water partition coefficient (Wildman–Crippen LogP) is 3.58. The molecule has 0 saturated heterocycles. The van der Waals surface area contributed by atoms with Crippen LogP contribution < -0.4 is 0 Å². The molecule has 0 fully saturated rings. The molecule has 0 aromatic carbocycles. The van der Waals surface area contributed by atoms with Gasteiger partial charge in [-0.1, -0.05) is 39.9 Å². The number of alkyl halides is 3. The van der Waals surface area contributed by atoms with Crippen molar-refractivity contribution in [1.82, 2.24) is 0 Å². The van der Waals surface area contributed by atoms with Crippen LogP contribution in [0.4, 0.5) is 13.2 Å². The standard InChI is InChI=1S/C6H15Si.C4H5F3O3S/c1-6(2,3)7(4)5;1-2-3-10-11(8,9)4(5,6)7/h1-5H3;2H,1,3H2. The lowest BCUT2D eigenvalue weighted by Gasteiger charge is -2.20. The van der Waals surface area contributed by atoms with Crippen molar-refractivity contribution in [3.63, 3.8) is 0 Å². The summed E-state index contributed by atoms with van der Waals surface area (Å²) in [4.78, 5) is 0. The Kier molecular flexibility index (Phi) is 8.10. The minimum atomic E-state index is -5.43. The highest BCUT2D eigenvalue weighted by Gasteiger charge is 2.47. The van der Waals surface area contributed by atoms with Crippen molar-refractivity contribution in [2.75, 3.05) is 6.61 Å². The largest absolute Gasteiger partial charge is 0.523 e. The molecule has 0 rings (SSSR count). The van der Waals surface area contributed by atoms with E-state index >= 15 is 0 Å². The topological polar surface area (TPSA) is 43.4 Å². The highest BCUT2D eigenvalue weighted by Crippen LogP contribution is 2.25. The molecule has 18 heavy (non-hydrogen) atoms. The summed E-state index contributed by atoms with van der Waals surface area (Å²) in [5, 5.41) is 0.602. The highest BCUT2D eigenvalue weighted by molar-refractivity contribution is 7.87. The van der Waals surface area contributed by atoms with E-state index in [1.54, 1.807) is 0 Å². The van der Waals surface area contributed by atoms with Crippen LogP contribution >= 0.6 is 0 Å². The van der Waals surface area contributed by atoms with Crippen LogP contribution in [0, 0.1) is 0 Å². The number of hydrogen-bond acceptors (Lipinski definition) is 3. The Hall–Kier alpha value is -0.343. The molecule has 0 aliphatic carbocycles. The van der Waals surface area contributed by atoms with E-state index < -0.39 is 22.2 Å². The van der Waals surface area contributed by atoms with Gasteiger partial charge in [0.2, 0.25) is 0 Å². The Balaban J connectivity index is 0. The molecule has 0 saturated carbocycles. The van der Waals surface area contributed by atoms with E-state index in [2.05, 4.69) is 44.6 Å². The molecule has 0 aromatic heterocycles. The van der Waals surface area contributed by atoms with Crippen LogP contribution in [0.1, 0.15) is 20.8 Å². The van der Waals surface area contributed by atoms with Crippen molar-refractivity contribution in [2.45, 2.75) is 44.4 Å². The third kappa shape index (κ3) is 8.70. The summed E-state index contributed by atoms with van der Waals surface area (Å²) < 4.78 is 57.7. The fraction of sp³-hybridized carbons (Fsp3) is 0.800. The number of rotatable bonds is 3. The minimum Gasteiger partial charge on any atom is -0.259 e. The maximum Gasteiger partial charge on any atom is 0.523 e. The maximum absolute atomic E-state index is 11.4. The zero-order valence-corrected chi connectivity index (χ0v) is 13.1. The fourth-order valence-electron chi connectivity index (χ4n) is 0.205. The second-order valence-corrected chi connectivity index (χ2v) is 9.83. The molecule has 3 nitrogen and oxygen atoms in total. The molecule has 0 spiro atoms. The lowest BCUT2D eigenvalue weighted by molar-refractivity contribution is -0.0535. The van der Waals surface area contributed by atoms with E-state index in [9.17, 15) is 21.6 Å². The molecule has 0 atom stereocenters. The third-order valence-electron chi connectivity index (χ3n) is 2.12. The van der Waals surface area contributed by atoms with Gasteiger partial charge in [0.1, 0.15) is 0 Å². The van der Waals surface area contributed by atoms with Gasteiger partial charge in [0, 0.05) is 8.80 Å². The van der Waals surface area contributed by atoms with E-state index in [0.717, 1.165) is 6.08 Å². The Labute approximate surface area is 109 Å². The molecule has 8 heteroatoms. The second kappa shape index (κ2) is 7.30. The molecule has 0 amide bonds. The van der Waals surface area contributed by atoms with Crippen LogP contribution in [-0.2, 0) is 14.3 Å². The monoisotopic (exact) mass is 305 g/mol. The van der Waals surface area contributed by atoms with Gasteiger partial charge in [-0.2, -0.15) is 21.6 Å². The molecule has 0 N–H and O–H groups in total. The van der Waals surface area contributed by atoms with Gasteiger partial charge < -0.3 is 0 Å². The Bertz CT molecular complexity index is 342. The van der Waals surface area contributed by atoms with Crippen LogP contribution in [0.2, 0.25) is 18.1 Å². The second-order valence-electron chi connectivity index (χ2n) is 4.72. The van der Waals surface area contributed by atoms with Crippen LogP contribution in [0.5, 0.6) is 0 Å². The Morgan fingerprint density at radius 3 is 1.72 bits per heavy atom. The highest BCUT2D eigenvalue weighted by atomic mass is 32.2. The summed E-state index contributed by atoms with van der Waals surface area (Å²) >= 11 is 0. The van der Waals surface area contributed by atoms with E-state index in [-0.39, 0.29) is 8.80 Å². The molecule has 0 aromatic rings. The first-order chi connectivity index (χ1) is 7.75. The number of halogens is 3. The summed E-state index contributed by atoms with van der Waals surface area (Å²) in [6.07, 6.45) is 0.906. The summed E-state index contributed by atoms with van der Waals surface area (Å²) in [5.41, 5.74) is -5.35. The van der Waals surface area contributed by atoms with Gasteiger partial charge in [0.25, 0.3) is 0 Å². The molecule has 0 heterocycles. The van der Waals surface area contributed by atoms with Gasteiger partial charge >= 0.3 is 15.6 Å². The summed E-state index contributed by atoms with van der Waals surface area (Å²) in [6.45, 7) is 13.9. The Morgan fingerprint density at radius 2 is 1.56 bits per heavy atom. The SMILES string of the molecule is C=CCOS(=O)(=O)C(F)(F)F.C[Si](C)C(C)(C)C. The van der Waals surface area contributed by atoms with E-state index in [4.69, 9.17) is 0 Å². The summed E-state index contributed by atoms with van der Waals surface area (Å²) in [5.74, 6) is 0. The molecular weight excluding hydrogens is 285 g/mol. The van der Waals surface area contributed by atoms with Crippen molar-refractivity contribution in [2.24, 2.45) is 0 Å². The van der Waals surface area contributed by atoms with Crippen molar-refractivity contribution in [3.05, 3.63) is 12.7 Å². The van der Waals surface area contributed by atoms with Crippen LogP contribution in [-0.4, -0.2) is 29.3 Å². The first-order valence-electron chi connectivity index (χ1n) is 5.13. The molecular formula is C10H20F3O3SSi. The maximum atomic E-state index is 11.4. The van der Waals surface area contributed by atoms with Gasteiger partial charge in [-0.05, 0) is 5.04 Å². The molecule has 0 bridgehead atoms.